The molecule has 0 bridgehead atoms. The van der Waals surface area contributed by atoms with E-state index in [9.17, 15) is 24.0 Å². The summed E-state index contributed by atoms with van der Waals surface area (Å²) in [5.74, 6) is 0.415. The second-order valence-corrected chi connectivity index (χ2v) is 13.0. The molecule has 0 aliphatic carbocycles. The molecular formula is C35H66N4O5. The van der Waals surface area contributed by atoms with Crippen LogP contribution in [0.25, 0.3) is 0 Å². The molecule has 0 aromatic carbocycles. The largest absolute Gasteiger partial charge is 0.356 e. The van der Waals surface area contributed by atoms with E-state index in [1.54, 1.807) is 0 Å². The van der Waals surface area contributed by atoms with Gasteiger partial charge >= 0.3 is 0 Å². The molecule has 0 radical (unpaired) electrons. The first kappa shape index (κ1) is 41.7. The van der Waals surface area contributed by atoms with Gasteiger partial charge in [-0.25, -0.2) is 0 Å². The minimum atomic E-state index is -0.405. The minimum Gasteiger partial charge on any atom is -0.356 e. The Hall–Kier alpha value is -2.29. The SMILES string of the molecule is CCCCCCC(=O)CCC(CC(C)=O)NC(=O)CC(CCCNC(=O)CC(C)CCCC)NC(=O)CC(C)CCCNC. The van der Waals surface area contributed by atoms with Crippen LogP contribution in [0.3, 0.4) is 0 Å². The van der Waals surface area contributed by atoms with Crippen LogP contribution in [-0.2, 0) is 24.0 Å². The van der Waals surface area contributed by atoms with Crippen molar-refractivity contribution in [2.45, 2.75) is 162 Å². The summed E-state index contributed by atoms with van der Waals surface area (Å²) in [7, 11) is 1.91. The molecule has 9 nitrogen and oxygen atoms in total. The number of amides is 3. The maximum Gasteiger partial charge on any atom is 0.222 e. The van der Waals surface area contributed by atoms with Crippen LogP contribution in [-0.4, -0.2) is 61.5 Å². The van der Waals surface area contributed by atoms with E-state index in [4.69, 9.17) is 0 Å². The van der Waals surface area contributed by atoms with Gasteiger partial charge in [0.15, 0.2) is 0 Å². The van der Waals surface area contributed by atoms with E-state index in [2.05, 4.69) is 49.0 Å². The van der Waals surface area contributed by atoms with Crippen molar-refractivity contribution < 1.29 is 24.0 Å². The van der Waals surface area contributed by atoms with Gasteiger partial charge in [-0.05, 0) is 70.9 Å². The van der Waals surface area contributed by atoms with Crippen molar-refractivity contribution in [3.05, 3.63) is 0 Å². The number of hydrogen-bond donors (Lipinski definition) is 4. The summed E-state index contributed by atoms with van der Waals surface area (Å²) in [6, 6.07) is -0.789. The van der Waals surface area contributed by atoms with Gasteiger partial charge in [0.25, 0.3) is 0 Å². The molecule has 4 atom stereocenters. The van der Waals surface area contributed by atoms with Crippen molar-refractivity contribution in [1.29, 1.82) is 0 Å². The number of hydrogen-bond acceptors (Lipinski definition) is 6. The fourth-order valence-corrected chi connectivity index (χ4v) is 5.47. The topological polar surface area (TPSA) is 133 Å². The van der Waals surface area contributed by atoms with Crippen molar-refractivity contribution in [2.75, 3.05) is 20.1 Å². The fraction of sp³-hybridized carbons (Fsp3) is 0.857. The van der Waals surface area contributed by atoms with Gasteiger partial charge < -0.3 is 21.3 Å². The Morgan fingerprint density at radius 3 is 1.75 bits per heavy atom. The number of rotatable bonds is 29. The monoisotopic (exact) mass is 623 g/mol. The molecule has 0 saturated carbocycles. The summed E-state index contributed by atoms with van der Waals surface area (Å²) in [5.41, 5.74) is 0. The highest BCUT2D eigenvalue weighted by Gasteiger charge is 2.21. The number of carbonyl (C=O) groups excluding carboxylic acids is 5. The molecule has 0 aromatic heterocycles. The molecule has 0 heterocycles. The Bertz CT molecular complexity index is 819. The Kier molecular flexibility index (Phi) is 25.6. The lowest BCUT2D eigenvalue weighted by molar-refractivity contribution is -0.126. The third kappa shape index (κ3) is 25.1. The Morgan fingerprint density at radius 2 is 1.14 bits per heavy atom. The van der Waals surface area contributed by atoms with Crippen LogP contribution in [0.5, 0.6) is 0 Å². The summed E-state index contributed by atoms with van der Waals surface area (Å²) in [6.45, 7) is 11.3. The quantitative estimate of drug-likeness (QED) is 0.0782. The summed E-state index contributed by atoms with van der Waals surface area (Å²) < 4.78 is 0. The summed E-state index contributed by atoms with van der Waals surface area (Å²) in [6.07, 6.45) is 13.0. The Balaban J connectivity index is 5.08. The van der Waals surface area contributed by atoms with E-state index in [1.165, 1.54) is 6.92 Å². The van der Waals surface area contributed by atoms with Crippen LogP contribution < -0.4 is 21.3 Å². The second-order valence-electron chi connectivity index (χ2n) is 13.0. The first-order chi connectivity index (χ1) is 21.0. The van der Waals surface area contributed by atoms with Gasteiger partial charge in [0, 0.05) is 57.2 Å². The van der Waals surface area contributed by atoms with E-state index in [1.807, 2.05) is 7.05 Å². The van der Waals surface area contributed by atoms with Crippen molar-refractivity contribution in [3.8, 4) is 0 Å². The molecule has 256 valence electrons. The molecule has 3 amide bonds. The lowest BCUT2D eigenvalue weighted by Crippen LogP contribution is -2.43. The molecule has 0 aliphatic heterocycles. The predicted octanol–water partition coefficient (Wildman–Crippen LogP) is 5.78. The van der Waals surface area contributed by atoms with Crippen molar-refractivity contribution >= 4 is 29.3 Å². The van der Waals surface area contributed by atoms with Gasteiger partial charge in [0.05, 0.1) is 0 Å². The van der Waals surface area contributed by atoms with E-state index >= 15 is 0 Å². The van der Waals surface area contributed by atoms with E-state index in [0.29, 0.717) is 57.4 Å². The zero-order chi connectivity index (χ0) is 33.2. The van der Waals surface area contributed by atoms with Crippen molar-refractivity contribution in [1.82, 2.24) is 21.3 Å². The normalized spacial score (nSPS) is 13.9. The zero-order valence-electron chi connectivity index (χ0n) is 29.0. The molecule has 44 heavy (non-hydrogen) atoms. The van der Waals surface area contributed by atoms with Gasteiger partial charge in [-0.3, -0.25) is 24.0 Å². The van der Waals surface area contributed by atoms with E-state index in [0.717, 1.165) is 64.3 Å². The van der Waals surface area contributed by atoms with Crippen LogP contribution in [0.15, 0.2) is 0 Å². The van der Waals surface area contributed by atoms with Gasteiger partial charge in [-0.2, -0.15) is 0 Å². The predicted molar refractivity (Wildman–Crippen MR) is 179 cm³/mol. The highest BCUT2D eigenvalue weighted by molar-refractivity contribution is 5.82. The third-order valence-electron chi connectivity index (χ3n) is 8.07. The zero-order valence-corrected chi connectivity index (χ0v) is 29.0. The molecule has 0 aliphatic rings. The fourth-order valence-electron chi connectivity index (χ4n) is 5.47. The maximum absolute atomic E-state index is 13.1. The van der Waals surface area contributed by atoms with Crippen molar-refractivity contribution in [3.63, 3.8) is 0 Å². The summed E-state index contributed by atoms with van der Waals surface area (Å²) >= 11 is 0. The summed E-state index contributed by atoms with van der Waals surface area (Å²) in [5, 5.41) is 12.1. The lowest BCUT2D eigenvalue weighted by atomic mass is 9.99. The number of ketones is 2. The molecule has 0 aromatic rings. The maximum atomic E-state index is 13.1. The van der Waals surface area contributed by atoms with Crippen LogP contribution >= 0.6 is 0 Å². The van der Waals surface area contributed by atoms with Crippen LogP contribution in [0.1, 0.15) is 150 Å². The molecule has 0 fully saturated rings. The smallest absolute Gasteiger partial charge is 0.222 e. The van der Waals surface area contributed by atoms with E-state index < -0.39 is 6.04 Å². The van der Waals surface area contributed by atoms with Gasteiger partial charge in [-0.15, -0.1) is 0 Å². The molecule has 4 N–H and O–H groups in total. The van der Waals surface area contributed by atoms with Crippen LogP contribution in [0.2, 0.25) is 0 Å². The Morgan fingerprint density at radius 1 is 0.568 bits per heavy atom. The number of carbonyl (C=O) groups is 5. The van der Waals surface area contributed by atoms with Gasteiger partial charge in [-0.1, -0.05) is 66.2 Å². The van der Waals surface area contributed by atoms with E-state index in [-0.39, 0.29) is 54.1 Å². The second kappa shape index (κ2) is 27.1. The first-order valence-electron chi connectivity index (χ1n) is 17.5. The third-order valence-corrected chi connectivity index (χ3v) is 8.07. The number of unbranched alkanes of at least 4 members (excludes halogenated alkanes) is 4. The van der Waals surface area contributed by atoms with Crippen LogP contribution in [0, 0.1) is 11.8 Å². The average Bonchev–Trinajstić information content (AvgIpc) is 2.94. The minimum absolute atomic E-state index is 0.0364. The average molecular weight is 623 g/mol. The molecule has 4 unspecified atom stereocenters. The van der Waals surface area contributed by atoms with Crippen LogP contribution in [0.4, 0.5) is 0 Å². The number of Topliss-reactive ketones (excluding diaryl/α,β-unsaturated/α-hetero) is 2. The Labute approximate surface area is 268 Å². The molecule has 0 saturated heterocycles. The standard InChI is InChI=1S/C35H66N4O5/c1-7-9-11-12-18-32(41)20-19-31(25-29(5)40)39-35(44)26-30(38-34(43)24-28(4)16-13-21-36-6)17-14-22-37-33(42)23-27(3)15-10-8-2/h27-28,30-31,36H,7-26H2,1-6H3,(H,37,42)(H,38,43)(H,39,44). The molecule has 0 spiro atoms. The van der Waals surface area contributed by atoms with Crippen molar-refractivity contribution in [2.24, 2.45) is 11.8 Å². The molecule has 9 heteroatoms. The highest BCUT2D eigenvalue weighted by atomic mass is 16.2. The highest BCUT2D eigenvalue weighted by Crippen LogP contribution is 2.14. The van der Waals surface area contributed by atoms with Gasteiger partial charge in [0.2, 0.25) is 17.7 Å². The number of nitrogens with one attached hydrogen (secondary N) is 4. The molecule has 0 rings (SSSR count). The first-order valence-corrected chi connectivity index (χ1v) is 17.5. The molecular weight excluding hydrogens is 556 g/mol. The van der Waals surface area contributed by atoms with Gasteiger partial charge in [0.1, 0.15) is 11.6 Å². The summed E-state index contributed by atoms with van der Waals surface area (Å²) in [4.78, 5) is 62.6. The lowest BCUT2D eigenvalue weighted by Gasteiger charge is -2.22.